The summed E-state index contributed by atoms with van der Waals surface area (Å²) in [6.45, 7) is 15.6. The Bertz CT molecular complexity index is 1310. The highest BCUT2D eigenvalue weighted by atomic mass is 16.3. The molecule has 0 aliphatic carbocycles. The minimum atomic E-state index is -0.879. The summed E-state index contributed by atoms with van der Waals surface area (Å²) in [7, 11) is 0. The molecule has 0 aliphatic rings. The van der Waals surface area contributed by atoms with Gasteiger partial charge in [0.25, 0.3) is 0 Å². The molecule has 0 aliphatic heterocycles. The molecule has 0 atom stereocenters. The van der Waals surface area contributed by atoms with E-state index in [4.69, 9.17) is 0 Å². The predicted molar refractivity (Wildman–Crippen MR) is 149 cm³/mol. The molecule has 0 heterocycles. The smallest absolute Gasteiger partial charge is 0.118 e. The monoisotopic (exact) mass is 496 g/mol. The lowest BCUT2D eigenvalue weighted by Crippen LogP contribution is -2.35. The Morgan fingerprint density at radius 3 is 0.703 bits per heavy atom. The maximum absolute atomic E-state index is 10.6. The third kappa shape index (κ3) is 4.11. The third-order valence-corrected chi connectivity index (χ3v) is 7.79. The fourth-order valence-corrected chi connectivity index (χ4v) is 5.69. The van der Waals surface area contributed by atoms with Crippen LogP contribution < -0.4 is 0 Å². The second-order valence-electron chi connectivity index (χ2n) is 10.6. The molecule has 4 N–H and O–H groups in total. The highest BCUT2D eigenvalue weighted by molar-refractivity contribution is 5.69. The van der Waals surface area contributed by atoms with Crippen LogP contribution in [-0.2, 0) is 5.41 Å². The van der Waals surface area contributed by atoms with Crippen LogP contribution in [0.3, 0.4) is 0 Å². The Morgan fingerprint density at radius 2 is 0.514 bits per heavy atom. The molecule has 0 radical (unpaired) electrons. The lowest BCUT2D eigenvalue weighted by atomic mass is 9.60. The van der Waals surface area contributed by atoms with Gasteiger partial charge in [-0.1, -0.05) is 24.3 Å². The highest BCUT2D eigenvalue weighted by Crippen LogP contribution is 2.52. The van der Waals surface area contributed by atoms with Gasteiger partial charge < -0.3 is 20.4 Å². The van der Waals surface area contributed by atoms with E-state index in [1.807, 2.05) is 79.7 Å². The van der Waals surface area contributed by atoms with E-state index >= 15 is 0 Å². The predicted octanol–water partition coefficient (Wildman–Crippen LogP) is 7.36. The molecule has 192 valence electrons. The van der Waals surface area contributed by atoms with Crippen molar-refractivity contribution in [3.05, 3.63) is 115 Å². The first-order chi connectivity index (χ1) is 17.3. The second-order valence-corrected chi connectivity index (χ2v) is 10.6. The van der Waals surface area contributed by atoms with Gasteiger partial charge in [-0.05, 0) is 146 Å². The Labute approximate surface area is 219 Å². The largest absolute Gasteiger partial charge is 0.508 e. The molecule has 0 saturated heterocycles. The standard InChI is InChI=1S/C33H36O4/c1-17-13-29(34)21(5)9-25(17)33(26-10-22(6)30(35)14-18(26)2,27-11-23(7)31(36)15-19(27)3)28-12-24(8)32(37)16-20(28)4/h9-16,34-37H,1-8H3. The fourth-order valence-electron chi connectivity index (χ4n) is 5.69. The zero-order chi connectivity index (χ0) is 27.4. The molecule has 4 aromatic rings. The Hall–Kier alpha value is -3.92. The van der Waals surface area contributed by atoms with Crippen molar-refractivity contribution in [2.45, 2.75) is 60.8 Å². The average molecular weight is 497 g/mol. The van der Waals surface area contributed by atoms with Crippen molar-refractivity contribution in [1.29, 1.82) is 0 Å². The third-order valence-electron chi connectivity index (χ3n) is 7.79. The molecule has 4 rings (SSSR count). The topological polar surface area (TPSA) is 80.9 Å². The number of aryl methyl sites for hydroxylation is 8. The Kier molecular flexibility index (Phi) is 6.49. The van der Waals surface area contributed by atoms with Crippen molar-refractivity contribution < 1.29 is 20.4 Å². The summed E-state index contributed by atoms with van der Waals surface area (Å²) in [5.41, 5.74) is 9.68. The van der Waals surface area contributed by atoms with Gasteiger partial charge in [-0.3, -0.25) is 0 Å². The van der Waals surface area contributed by atoms with Gasteiger partial charge in [0.1, 0.15) is 23.0 Å². The molecule has 4 nitrogen and oxygen atoms in total. The fraction of sp³-hybridized carbons (Fsp3) is 0.273. The lowest BCUT2D eigenvalue weighted by Gasteiger charge is -2.41. The van der Waals surface area contributed by atoms with Crippen molar-refractivity contribution in [3.8, 4) is 23.0 Å². The Balaban J connectivity index is 2.39. The van der Waals surface area contributed by atoms with E-state index in [9.17, 15) is 20.4 Å². The van der Waals surface area contributed by atoms with Crippen molar-refractivity contribution in [3.63, 3.8) is 0 Å². The van der Waals surface area contributed by atoms with Gasteiger partial charge in [0.05, 0.1) is 5.41 Å². The summed E-state index contributed by atoms with van der Waals surface area (Å²) in [6.07, 6.45) is 0. The minimum absolute atomic E-state index is 0.228. The molecule has 0 fully saturated rings. The molecule has 37 heavy (non-hydrogen) atoms. The number of rotatable bonds is 4. The van der Waals surface area contributed by atoms with E-state index in [0.29, 0.717) is 0 Å². The van der Waals surface area contributed by atoms with Gasteiger partial charge in [0.15, 0.2) is 0 Å². The van der Waals surface area contributed by atoms with Crippen molar-refractivity contribution in [1.82, 2.24) is 0 Å². The maximum Gasteiger partial charge on any atom is 0.118 e. The van der Waals surface area contributed by atoms with Crippen LogP contribution in [0.25, 0.3) is 0 Å². The number of phenols is 4. The summed E-state index contributed by atoms with van der Waals surface area (Å²) >= 11 is 0. The zero-order valence-electron chi connectivity index (χ0n) is 22.9. The van der Waals surface area contributed by atoms with Crippen LogP contribution in [-0.4, -0.2) is 20.4 Å². The van der Waals surface area contributed by atoms with E-state index in [2.05, 4.69) is 0 Å². The van der Waals surface area contributed by atoms with E-state index < -0.39 is 5.41 Å². The summed E-state index contributed by atoms with van der Waals surface area (Å²) in [4.78, 5) is 0. The first kappa shape index (κ1) is 26.2. The van der Waals surface area contributed by atoms with Crippen LogP contribution >= 0.6 is 0 Å². The molecule has 4 aromatic carbocycles. The minimum Gasteiger partial charge on any atom is -0.508 e. The number of phenolic OH excluding ortho intramolecular Hbond substituents is 4. The van der Waals surface area contributed by atoms with Crippen molar-refractivity contribution in [2.24, 2.45) is 0 Å². The van der Waals surface area contributed by atoms with Gasteiger partial charge in [0, 0.05) is 0 Å². The number of hydrogen-bond acceptors (Lipinski definition) is 4. The summed E-state index contributed by atoms with van der Waals surface area (Å²) in [5.74, 6) is 0.911. The van der Waals surface area contributed by atoms with Gasteiger partial charge in [0.2, 0.25) is 0 Å². The van der Waals surface area contributed by atoms with Crippen molar-refractivity contribution in [2.75, 3.05) is 0 Å². The van der Waals surface area contributed by atoms with Gasteiger partial charge in [-0.15, -0.1) is 0 Å². The molecular weight excluding hydrogens is 460 g/mol. The lowest BCUT2D eigenvalue weighted by molar-refractivity contribution is 0.468. The quantitative estimate of drug-likeness (QED) is 0.223. The van der Waals surface area contributed by atoms with Crippen LogP contribution in [0.2, 0.25) is 0 Å². The number of hydrogen-bond donors (Lipinski definition) is 4. The molecule has 0 spiro atoms. The van der Waals surface area contributed by atoms with E-state index in [0.717, 1.165) is 66.8 Å². The molecule has 4 heteroatoms. The van der Waals surface area contributed by atoms with Crippen LogP contribution in [0.4, 0.5) is 0 Å². The summed E-state index contributed by atoms with van der Waals surface area (Å²) < 4.78 is 0. The molecule has 0 saturated carbocycles. The normalized spacial score (nSPS) is 11.7. The van der Waals surface area contributed by atoms with E-state index in [1.54, 1.807) is 24.3 Å². The van der Waals surface area contributed by atoms with Gasteiger partial charge in [-0.2, -0.15) is 0 Å². The van der Waals surface area contributed by atoms with Crippen LogP contribution in [0.15, 0.2) is 48.5 Å². The van der Waals surface area contributed by atoms with E-state index in [-0.39, 0.29) is 23.0 Å². The molecule has 0 aromatic heterocycles. The second kappa shape index (κ2) is 9.19. The number of aromatic hydroxyl groups is 4. The van der Waals surface area contributed by atoms with Crippen LogP contribution in [0.1, 0.15) is 66.8 Å². The molecule has 0 bridgehead atoms. The van der Waals surface area contributed by atoms with Gasteiger partial charge >= 0.3 is 0 Å². The first-order valence-corrected chi connectivity index (χ1v) is 12.5. The maximum atomic E-state index is 10.6. The average Bonchev–Trinajstić information content (AvgIpc) is 2.81. The van der Waals surface area contributed by atoms with Crippen LogP contribution in [0, 0.1) is 55.4 Å². The molecule has 0 unspecified atom stereocenters. The van der Waals surface area contributed by atoms with Crippen LogP contribution in [0.5, 0.6) is 23.0 Å². The SMILES string of the molecule is Cc1cc(C(c2cc(C)c(O)cc2C)(c2cc(C)c(O)cc2C)c2cc(C)c(O)cc2C)c(C)cc1O. The molecular formula is C33H36O4. The van der Waals surface area contributed by atoms with Crippen molar-refractivity contribution >= 4 is 0 Å². The summed E-state index contributed by atoms with van der Waals surface area (Å²) in [5, 5.41) is 42.4. The number of benzene rings is 4. The molecule has 0 amide bonds. The Morgan fingerprint density at radius 1 is 0.324 bits per heavy atom. The highest BCUT2D eigenvalue weighted by Gasteiger charge is 2.43. The first-order valence-electron chi connectivity index (χ1n) is 12.5. The van der Waals surface area contributed by atoms with E-state index in [1.165, 1.54) is 0 Å². The van der Waals surface area contributed by atoms with Gasteiger partial charge in [-0.25, -0.2) is 0 Å². The summed E-state index contributed by atoms with van der Waals surface area (Å²) in [6, 6.07) is 15.3. The zero-order valence-corrected chi connectivity index (χ0v) is 22.9.